The van der Waals surface area contributed by atoms with Crippen LogP contribution >= 0.6 is 0 Å². The van der Waals surface area contributed by atoms with E-state index in [-0.39, 0.29) is 27.3 Å². The third-order valence-electron chi connectivity index (χ3n) is 2.70. The Bertz CT molecular complexity index is 452. The summed E-state index contributed by atoms with van der Waals surface area (Å²) < 4.78 is 5.12. The largest absolute Gasteiger partial charge is 0.461 e. The third kappa shape index (κ3) is 8.42. The molecule has 128 valence electrons. The average Bonchev–Trinajstić information content (AvgIpc) is 2.53. The Morgan fingerprint density at radius 2 is 1.82 bits per heavy atom. The van der Waals surface area contributed by atoms with Crippen molar-refractivity contribution in [2.45, 2.75) is 47.1 Å². The van der Waals surface area contributed by atoms with Crippen molar-refractivity contribution in [1.82, 2.24) is 0 Å². The van der Waals surface area contributed by atoms with Crippen LogP contribution in [0, 0.1) is 5.92 Å². The van der Waals surface area contributed by atoms with Gasteiger partial charge >= 0.3 is 5.97 Å². The highest BCUT2D eigenvalue weighted by molar-refractivity contribution is 5.90. The van der Waals surface area contributed by atoms with Crippen molar-refractivity contribution in [2.24, 2.45) is 11.7 Å². The van der Waals surface area contributed by atoms with Crippen LogP contribution in [-0.2, 0) is 20.9 Å². The van der Waals surface area contributed by atoms with Gasteiger partial charge in [-0.25, -0.2) is 0 Å². The molecule has 5 nitrogen and oxygen atoms in total. The zero-order chi connectivity index (χ0) is 17.0. The summed E-state index contributed by atoms with van der Waals surface area (Å²) in [5, 5.41) is 2.78. The van der Waals surface area contributed by atoms with E-state index in [4.69, 9.17) is 10.5 Å². The summed E-state index contributed by atoms with van der Waals surface area (Å²) in [6.07, 6.45) is 1.10. The maximum atomic E-state index is 11.5. The quantitative estimate of drug-likeness (QED) is 0.754. The molecule has 0 saturated carbocycles. The Labute approximate surface area is 136 Å². The van der Waals surface area contributed by atoms with E-state index in [1.807, 2.05) is 26.0 Å². The van der Waals surface area contributed by atoms with Crippen LogP contribution in [0.25, 0.3) is 0 Å². The lowest BCUT2D eigenvalue weighted by molar-refractivity contribution is -0.148. The first kappa shape index (κ1) is 20.1. The zero-order valence-electron chi connectivity index (χ0n) is 14.0. The van der Waals surface area contributed by atoms with Crippen LogP contribution < -0.4 is 11.1 Å². The smallest absolute Gasteiger partial charge is 0.308 e. The number of benzene rings is 1. The molecule has 0 bridgehead atoms. The number of esters is 1. The maximum absolute atomic E-state index is 11.5. The summed E-state index contributed by atoms with van der Waals surface area (Å²) in [5.41, 5.74) is 6.96. The Balaban J connectivity index is -0.00000106. The molecule has 1 aromatic rings. The molecule has 0 radical (unpaired) electrons. The highest BCUT2D eigenvalue weighted by atomic mass is 16.5. The van der Waals surface area contributed by atoms with E-state index in [9.17, 15) is 9.59 Å². The van der Waals surface area contributed by atoms with Gasteiger partial charge < -0.3 is 15.8 Å². The van der Waals surface area contributed by atoms with Crippen LogP contribution in [0.1, 0.15) is 49.0 Å². The summed E-state index contributed by atoms with van der Waals surface area (Å²) >= 11 is 0. The number of nitrogens with two attached hydrogens (primary N) is 1. The second-order valence-corrected chi connectivity index (χ2v) is 4.90. The van der Waals surface area contributed by atoms with Crippen LogP contribution in [0.4, 0.5) is 5.69 Å². The summed E-state index contributed by atoms with van der Waals surface area (Å²) in [6, 6.07) is 7.23. The van der Waals surface area contributed by atoms with Crippen LogP contribution in [0.5, 0.6) is 0 Å². The lowest BCUT2D eigenvalue weighted by Crippen LogP contribution is -2.13. The Hall–Kier alpha value is -1.88. The molecule has 0 aliphatic heterocycles. The summed E-state index contributed by atoms with van der Waals surface area (Å²) in [6.45, 7) is 8.34. The number of rotatable bonds is 7. The Kier molecular flexibility index (Phi) is 10.7. The molecule has 0 saturated heterocycles. The predicted molar refractivity (Wildman–Crippen MR) is 93.6 cm³/mol. The number of ether oxygens (including phenoxy) is 1. The van der Waals surface area contributed by atoms with Crippen LogP contribution in [0.3, 0.4) is 0 Å². The first-order valence-electron chi connectivity index (χ1n) is 7.78. The van der Waals surface area contributed by atoms with Gasteiger partial charge in [-0.1, -0.05) is 39.8 Å². The lowest BCUT2D eigenvalue weighted by atomic mass is 10.2. The second-order valence-electron chi connectivity index (χ2n) is 4.90. The first-order valence-corrected chi connectivity index (χ1v) is 7.78. The molecule has 0 aromatic heterocycles. The van der Waals surface area contributed by atoms with E-state index in [1.54, 1.807) is 26.0 Å². The standard InChI is InChI=1S/C15H22N2O3.C2H6.2H2/c1-11(2)15(19)20-10-12-5-7-13(8-6-12)17-14(18)4-3-9-16;1-2;;/h5-8,11H,3-4,9-10,16H2,1-2H3,(H,17,18);1-2H3;2*1H. The van der Waals surface area contributed by atoms with E-state index < -0.39 is 0 Å². The van der Waals surface area contributed by atoms with Crippen molar-refractivity contribution in [3.8, 4) is 0 Å². The van der Waals surface area contributed by atoms with E-state index in [2.05, 4.69) is 5.32 Å². The van der Waals surface area contributed by atoms with Crippen LogP contribution in [0.15, 0.2) is 24.3 Å². The van der Waals surface area contributed by atoms with E-state index in [1.165, 1.54) is 0 Å². The van der Waals surface area contributed by atoms with Gasteiger partial charge in [0.1, 0.15) is 6.61 Å². The first-order chi connectivity index (χ1) is 10.5. The number of nitrogens with one attached hydrogen (secondary N) is 1. The van der Waals surface area contributed by atoms with Gasteiger partial charge in [0, 0.05) is 15.0 Å². The molecule has 0 atom stereocenters. The minimum absolute atomic E-state index is 0. The van der Waals surface area contributed by atoms with Crippen molar-refractivity contribution in [3.05, 3.63) is 29.8 Å². The maximum Gasteiger partial charge on any atom is 0.308 e. The molecule has 1 amide bonds. The summed E-state index contributed by atoms with van der Waals surface area (Å²) in [4.78, 5) is 22.8. The SMILES string of the molecule is CC.CC(C)C(=O)OCc1ccc(NC(=O)CCCN)cc1.[HH].[HH]. The van der Waals surface area contributed by atoms with Gasteiger partial charge in [-0.2, -0.15) is 0 Å². The van der Waals surface area contributed by atoms with Crippen molar-refractivity contribution >= 4 is 17.6 Å². The zero-order valence-corrected chi connectivity index (χ0v) is 14.0. The molecule has 3 N–H and O–H groups in total. The van der Waals surface area contributed by atoms with Crippen molar-refractivity contribution in [1.29, 1.82) is 0 Å². The van der Waals surface area contributed by atoms with Gasteiger partial charge in [-0.3, -0.25) is 9.59 Å². The highest BCUT2D eigenvalue weighted by Crippen LogP contribution is 2.11. The summed E-state index contributed by atoms with van der Waals surface area (Å²) in [5.74, 6) is -0.394. The van der Waals surface area contributed by atoms with Crippen LogP contribution in [0.2, 0.25) is 0 Å². The van der Waals surface area contributed by atoms with Gasteiger partial charge in [0.25, 0.3) is 0 Å². The van der Waals surface area contributed by atoms with Gasteiger partial charge in [-0.05, 0) is 30.7 Å². The van der Waals surface area contributed by atoms with E-state index >= 15 is 0 Å². The monoisotopic (exact) mass is 312 g/mol. The molecule has 1 aromatic carbocycles. The molecule has 5 heteroatoms. The Morgan fingerprint density at radius 1 is 1.23 bits per heavy atom. The fourth-order valence-corrected chi connectivity index (χ4v) is 1.49. The highest BCUT2D eigenvalue weighted by Gasteiger charge is 2.08. The van der Waals surface area contributed by atoms with E-state index in [0.29, 0.717) is 19.4 Å². The van der Waals surface area contributed by atoms with Gasteiger partial charge in [0.15, 0.2) is 0 Å². The van der Waals surface area contributed by atoms with Crippen molar-refractivity contribution in [3.63, 3.8) is 0 Å². The second kappa shape index (κ2) is 11.7. The molecule has 0 fully saturated rings. The number of hydrogen-bond donors (Lipinski definition) is 2. The fourth-order valence-electron chi connectivity index (χ4n) is 1.49. The summed E-state index contributed by atoms with van der Waals surface area (Å²) in [7, 11) is 0. The lowest BCUT2D eigenvalue weighted by Gasteiger charge is -2.08. The molecule has 0 aliphatic rings. The molecular weight excluding hydrogens is 280 g/mol. The number of amides is 1. The van der Waals surface area contributed by atoms with Crippen molar-refractivity contribution < 1.29 is 17.2 Å². The molecule has 1 rings (SSSR count). The molecule has 0 aliphatic carbocycles. The van der Waals surface area contributed by atoms with Crippen LogP contribution in [-0.4, -0.2) is 18.4 Å². The average molecular weight is 312 g/mol. The normalized spacial score (nSPS) is 9.73. The van der Waals surface area contributed by atoms with Crippen molar-refractivity contribution in [2.75, 3.05) is 11.9 Å². The third-order valence-corrected chi connectivity index (χ3v) is 2.70. The predicted octanol–water partition coefficient (Wildman–Crippen LogP) is 3.58. The molecule has 0 heterocycles. The number of carbonyl (C=O) groups excluding carboxylic acids is 2. The number of hydrogen-bond acceptors (Lipinski definition) is 4. The van der Waals surface area contributed by atoms with Gasteiger partial charge in [0.2, 0.25) is 5.91 Å². The fraction of sp³-hybridized carbons (Fsp3) is 0.529. The molecule has 22 heavy (non-hydrogen) atoms. The number of carbonyl (C=O) groups is 2. The minimum atomic E-state index is -0.218. The minimum Gasteiger partial charge on any atom is -0.461 e. The molecular formula is C17H32N2O3. The number of anilines is 1. The van der Waals surface area contributed by atoms with Gasteiger partial charge in [-0.15, -0.1) is 0 Å². The Morgan fingerprint density at radius 3 is 2.32 bits per heavy atom. The molecule has 0 spiro atoms. The van der Waals surface area contributed by atoms with Gasteiger partial charge in [0.05, 0.1) is 5.92 Å². The molecule has 0 unspecified atom stereocenters. The topological polar surface area (TPSA) is 81.4 Å². The van der Waals surface area contributed by atoms with E-state index in [0.717, 1.165) is 11.3 Å².